The molecule has 2 heterocycles. The summed E-state index contributed by atoms with van der Waals surface area (Å²) in [5.74, 6) is -0.453. The number of fused-ring (bicyclic) bond motifs is 1. The van der Waals surface area contributed by atoms with Crippen molar-refractivity contribution in [2.75, 3.05) is 11.9 Å². The van der Waals surface area contributed by atoms with Gasteiger partial charge in [0, 0.05) is 18.4 Å². The minimum Gasteiger partial charge on any atom is -0.395 e. The normalized spacial score (nSPS) is 12.1. The molecule has 4 rings (SSSR count). The standard InChI is InChI=1S/C24H24N4O3/c1-16-10-11-28(17(2)18-6-4-3-5-7-18)24(31)22(16)23(30)26-19-8-9-21-20(14-19)25-15-27(21)12-13-29/h3-11,14-15,17,29H,12-13H2,1-2H3,(H,26,30). The number of hydrogen-bond acceptors (Lipinski definition) is 4. The molecule has 0 aliphatic heterocycles. The van der Waals surface area contributed by atoms with Crippen LogP contribution in [0.3, 0.4) is 0 Å². The van der Waals surface area contributed by atoms with Gasteiger partial charge in [0.05, 0.1) is 30.0 Å². The number of imidazole rings is 1. The van der Waals surface area contributed by atoms with E-state index in [1.54, 1.807) is 42.2 Å². The molecule has 0 fully saturated rings. The number of anilines is 1. The van der Waals surface area contributed by atoms with Crippen LogP contribution >= 0.6 is 0 Å². The Labute approximate surface area is 179 Å². The van der Waals surface area contributed by atoms with Crippen LogP contribution in [-0.2, 0) is 6.54 Å². The van der Waals surface area contributed by atoms with Gasteiger partial charge in [-0.05, 0) is 49.2 Å². The SMILES string of the molecule is Cc1ccn(C(C)c2ccccc2)c(=O)c1C(=O)Nc1ccc2c(c1)ncn2CCO. The fourth-order valence-electron chi connectivity index (χ4n) is 3.74. The van der Waals surface area contributed by atoms with Gasteiger partial charge in [-0.2, -0.15) is 0 Å². The van der Waals surface area contributed by atoms with E-state index < -0.39 is 5.91 Å². The Hall–Kier alpha value is -3.71. The molecule has 0 aliphatic rings. The van der Waals surface area contributed by atoms with E-state index in [1.807, 2.05) is 47.9 Å². The van der Waals surface area contributed by atoms with Crippen molar-refractivity contribution < 1.29 is 9.90 Å². The molecule has 2 aromatic heterocycles. The van der Waals surface area contributed by atoms with Gasteiger partial charge in [0.2, 0.25) is 0 Å². The maximum atomic E-state index is 13.2. The van der Waals surface area contributed by atoms with E-state index in [-0.39, 0.29) is 23.8 Å². The monoisotopic (exact) mass is 416 g/mol. The fourth-order valence-corrected chi connectivity index (χ4v) is 3.74. The van der Waals surface area contributed by atoms with Crippen molar-refractivity contribution in [1.82, 2.24) is 14.1 Å². The number of nitrogens with one attached hydrogen (secondary N) is 1. The molecule has 4 aromatic rings. The lowest BCUT2D eigenvalue weighted by Crippen LogP contribution is -2.32. The van der Waals surface area contributed by atoms with Crippen LogP contribution in [0.1, 0.15) is 34.5 Å². The first kappa shape index (κ1) is 20.6. The molecule has 7 heteroatoms. The lowest BCUT2D eigenvalue weighted by Gasteiger charge is -2.17. The summed E-state index contributed by atoms with van der Waals surface area (Å²) in [6.45, 7) is 4.16. The molecule has 1 unspecified atom stereocenters. The van der Waals surface area contributed by atoms with Gasteiger partial charge in [-0.3, -0.25) is 9.59 Å². The van der Waals surface area contributed by atoms with Gasteiger partial charge in [-0.15, -0.1) is 0 Å². The number of aliphatic hydroxyl groups excluding tert-OH is 1. The number of amides is 1. The lowest BCUT2D eigenvalue weighted by molar-refractivity contribution is 0.102. The average Bonchev–Trinajstić information content (AvgIpc) is 3.16. The van der Waals surface area contributed by atoms with Crippen molar-refractivity contribution >= 4 is 22.6 Å². The van der Waals surface area contributed by atoms with Gasteiger partial charge >= 0.3 is 0 Å². The molecule has 0 radical (unpaired) electrons. The van der Waals surface area contributed by atoms with Crippen molar-refractivity contribution in [3.05, 3.63) is 94.2 Å². The highest BCUT2D eigenvalue weighted by molar-refractivity contribution is 6.05. The zero-order valence-corrected chi connectivity index (χ0v) is 17.4. The molecule has 158 valence electrons. The molecular formula is C24H24N4O3. The van der Waals surface area contributed by atoms with Crippen LogP contribution in [0.25, 0.3) is 11.0 Å². The number of aryl methyl sites for hydroxylation is 1. The van der Waals surface area contributed by atoms with E-state index in [0.717, 1.165) is 11.1 Å². The van der Waals surface area contributed by atoms with Crippen LogP contribution in [0.5, 0.6) is 0 Å². The Morgan fingerprint density at radius 3 is 2.68 bits per heavy atom. The largest absolute Gasteiger partial charge is 0.395 e. The van der Waals surface area contributed by atoms with Gasteiger partial charge in [0.25, 0.3) is 11.5 Å². The Kier molecular flexibility index (Phi) is 5.68. The summed E-state index contributed by atoms with van der Waals surface area (Å²) in [5.41, 5.74) is 3.51. The molecule has 0 saturated heterocycles. The van der Waals surface area contributed by atoms with E-state index in [1.165, 1.54) is 0 Å². The third-order valence-corrected chi connectivity index (χ3v) is 5.47. The van der Waals surface area contributed by atoms with Crippen LogP contribution < -0.4 is 10.9 Å². The second-order valence-electron chi connectivity index (χ2n) is 7.49. The number of aromatic nitrogens is 3. The van der Waals surface area contributed by atoms with Crippen molar-refractivity contribution in [1.29, 1.82) is 0 Å². The van der Waals surface area contributed by atoms with Gasteiger partial charge in [0.1, 0.15) is 5.56 Å². The predicted octanol–water partition coefficient (Wildman–Crippen LogP) is 3.36. The molecule has 1 atom stereocenters. The van der Waals surface area contributed by atoms with Gasteiger partial charge in [0.15, 0.2) is 0 Å². The molecular weight excluding hydrogens is 392 g/mol. The lowest BCUT2D eigenvalue weighted by atomic mass is 10.1. The van der Waals surface area contributed by atoms with E-state index >= 15 is 0 Å². The highest BCUT2D eigenvalue weighted by atomic mass is 16.3. The number of pyridine rings is 1. The Morgan fingerprint density at radius 1 is 1.16 bits per heavy atom. The highest BCUT2D eigenvalue weighted by Crippen LogP contribution is 2.20. The third-order valence-electron chi connectivity index (χ3n) is 5.47. The van der Waals surface area contributed by atoms with E-state index in [9.17, 15) is 9.59 Å². The first-order valence-electron chi connectivity index (χ1n) is 10.1. The minimum atomic E-state index is -0.453. The van der Waals surface area contributed by atoms with Crippen LogP contribution in [0.4, 0.5) is 5.69 Å². The van der Waals surface area contributed by atoms with Crippen molar-refractivity contribution in [2.45, 2.75) is 26.4 Å². The highest BCUT2D eigenvalue weighted by Gasteiger charge is 2.19. The summed E-state index contributed by atoms with van der Waals surface area (Å²) in [7, 11) is 0. The van der Waals surface area contributed by atoms with Crippen LogP contribution in [0, 0.1) is 6.92 Å². The second-order valence-corrected chi connectivity index (χ2v) is 7.49. The summed E-state index contributed by atoms with van der Waals surface area (Å²) < 4.78 is 3.42. The van der Waals surface area contributed by atoms with Gasteiger partial charge in [-0.1, -0.05) is 30.3 Å². The maximum absolute atomic E-state index is 13.2. The maximum Gasteiger partial charge on any atom is 0.264 e. The minimum absolute atomic E-state index is 0.0188. The zero-order valence-electron chi connectivity index (χ0n) is 17.4. The number of hydrogen-bond donors (Lipinski definition) is 2. The van der Waals surface area contributed by atoms with Gasteiger partial charge in [-0.25, -0.2) is 4.98 Å². The van der Waals surface area contributed by atoms with Crippen molar-refractivity contribution in [3.63, 3.8) is 0 Å². The molecule has 0 saturated carbocycles. The fraction of sp³-hybridized carbons (Fsp3) is 0.208. The quantitative estimate of drug-likeness (QED) is 0.504. The summed E-state index contributed by atoms with van der Waals surface area (Å²) in [5, 5.41) is 12.0. The smallest absolute Gasteiger partial charge is 0.264 e. The number of nitrogens with zero attached hydrogens (tertiary/aromatic N) is 3. The molecule has 0 bridgehead atoms. The molecule has 1 amide bonds. The topological polar surface area (TPSA) is 89.2 Å². The number of benzene rings is 2. The number of rotatable bonds is 6. The molecule has 7 nitrogen and oxygen atoms in total. The van der Waals surface area contributed by atoms with Crippen LogP contribution in [-0.4, -0.2) is 31.7 Å². The van der Waals surface area contributed by atoms with E-state index in [0.29, 0.717) is 23.3 Å². The second kappa shape index (κ2) is 8.57. The summed E-state index contributed by atoms with van der Waals surface area (Å²) in [6, 6.07) is 16.6. The third kappa shape index (κ3) is 4.00. The zero-order chi connectivity index (χ0) is 22.0. The van der Waals surface area contributed by atoms with Crippen LogP contribution in [0.15, 0.2) is 71.9 Å². The number of carbonyl (C=O) groups is 1. The molecule has 0 aliphatic carbocycles. The summed E-state index contributed by atoms with van der Waals surface area (Å²) in [6.07, 6.45) is 3.38. The summed E-state index contributed by atoms with van der Waals surface area (Å²) in [4.78, 5) is 30.5. The Bertz CT molecular complexity index is 1290. The van der Waals surface area contributed by atoms with Crippen LogP contribution in [0.2, 0.25) is 0 Å². The molecule has 2 N–H and O–H groups in total. The van der Waals surface area contributed by atoms with Crippen molar-refractivity contribution in [2.24, 2.45) is 0 Å². The Balaban J connectivity index is 1.64. The van der Waals surface area contributed by atoms with Gasteiger partial charge < -0.3 is 19.6 Å². The molecule has 31 heavy (non-hydrogen) atoms. The molecule has 2 aromatic carbocycles. The summed E-state index contributed by atoms with van der Waals surface area (Å²) >= 11 is 0. The molecule has 0 spiro atoms. The Morgan fingerprint density at radius 2 is 1.94 bits per heavy atom. The average molecular weight is 416 g/mol. The first-order chi connectivity index (χ1) is 15.0. The number of carbonyl (C=O) groups excluding carboxylic acids is 1. The number of aliphatic hydroxyl groups is 1. The predicted molar refractivity (Wildman–Crippen MR) is 120 cm³/mol. The first-order valence-corrected chi connectivity index (χ1v) is 10.1. The van der Waals surface area contributed by atoms with E-state index in [4.69, 9.17) is 5.11 Å². The van der Waals surface area contributed by atoms with Crippen molar-refractivity contribution in [3.8, 4) is 0 Å². The van der Waals surface area contributed by atoms with E-state index in [2.05, 4.69) is 10.3 Å².